The van der Waals surface area contributed by atoms with Gasteiger partial charge in [-0.2, -0.15) is 0 Å². The van der Waals surface area contributed by atoms with Crippen molar-refractivity contribution < 1.29 is 28.5 Å². The molecule has 1 N–H and O–H groups in total. The molecule has 2 saturated heterocycles. The van der Waals surface area contributed by atoms with Crippen molar-refractivity contribution in [2.24, 2.45) is 0 Å². The number of ether oxygens (including phenoxy) is 3. The van der Waals surface area contributed by atoms with Crippen molar-refractivity contribution in [1.82, 2.24) is 4.90 Å². The summed E-state index contributed by atoms with van der Waals surface area (Å²) in [6, 6.07) is -1.11. The molecule has 1 amide bonds. The first-order valence-corrected chi connectivity index (χ1v) is 13.6. The Balaban J connectivity index is 2.41. The van der Waals surface area contributed by atoms with Crippen LogP contribution in [0.15, 0.2) is 12.7 Å². The summed E-state index contributed by atoms with van der Waals surface area (Å²) < 4.78 is 24.5. The number of carbonyl (C=O) groups excluding carboxylic acids is 1. The smallest absolute Gasteiger partial charge is 0.411 e. The van der Waals surface area contributed by atoms with E-state index in [2.05, 4.69) is 40.4 Å². The molecule has 0 saturated carbocycles. The van der Waals surface area contributed by atoms with E-state index < -0.39 is 56.2 Å². The number of likely N-dealkylation sites (tertiary alicyclic amines) is 1. The fourth-order valence-corrected chi connectivity index (χ4v) is 4.69. The summed E-state index contributed by atoms with van der Waals surface area (Å²) in [7, 11) is -2.08. The minimum absolute atomic E-state index is 0.0219. The molecule has 0 aliphatic carbocycles. The Kier molecular flexibility index (Phi) is 6.93. The topological polar surface area (TPSA) is 77.5 Å². The van der Waals surface area contributed by atoms with Crippen LogP contribution in [-0.2, 0) is 18.6 Å². The minimum atomic E-state index is -2.08. The van der Waals surface area contributed by atoms with E-state index in [1.54, 1.807) is 4.90 Å². The molecular formula is C22H41NO6Si. The van der Waals surface area contributed by atoms with Crippen LogP contribution < -0.4 is 0 Å². The van der Waals surface area contributed by atoms with E-state index in [9.17, 15) is 9.90 Å². The maximum Gasteiger partial charge on any atom is 0.411 e. The molecule has 0 aromatic heterocycles. The van der Waals surface area contributed by atoms with Gasteiger partial charge in [-0.25, -0.2) is 4.79 Å². The lowest BCUT2D eigenvalue weighted by Gasteiger charge is -2.40. The number of rotatable bonds is 5. The molecular weight excluding hydrogens is 402 g/mol. The van der Waals surface area contributed by atoms with Crippen molar-refractivity contribution >= 4 is 14.4 Å². The van der Waals surface area contributed by atoms with Gasteiger partial charge in [-0.1, -0.05) is 26.8 Å². The lowest BCUT2D eigenvalue weighted by molar-refractivity contribution is -0.172. The number of nitrogens with zero attached hydrogens (tertiary/aromatic N) is 1. The molecule has 2 aliphatic heterocycles. The van der Waals surface area contributed by atoms with Gasteiger partial charge < -0.3 is 23.7 Å². The molecule has 2 heterocycles. The second kappa shape index (κ2) is 8.20. The van der Waals surface area contributed by atoms with Crippen LogP contribution >= 0.6 is 0 Å². The monoisotopic (exact) mass is 443 g/mol. The molecule has 5 atom stereocenters. The van der Waals surface area contributed by atoms with Crippen LogP contribution in [0.5, 0.6) is 0 Å². The number of amides is 1. The van der Waals surface area contributed by atoms with Crippen molar-refractivity contribution in [3.63, 3.8) is 0 Å². The Labute approximate surface area is 182 Å². The van der Waals surface area contributed by atoms with Gasteiger partial charge in [0.1, 0.15) is 17.8 Å². The predicted octanol–water partition coefficient (Wildman–Crippen LogP) is 4.06. The summed E-state index contributed by atoms with van der Waals surface area (Å²) >= 11 is 0. The highest BCUT2D eigenvalue weighted by atomic mass is 28.4. The second-order valence-corrected chi connectivity index (χ2v) is 16.1. The zero-order valence-electron chi connectivity index (χ0n) is 20.3. The molecule has 0 unspecified atom stereocenters. The Morgan fingerprint density at radius 1 is 1.20 bits per heavy atom. The molecule has 7 nitrogen and oxygen atoms in total. The van der Waals surface area contributed by atoms with Crippen LogP contribution in [0.25, 0.3) is 0 Å². The van der Waals surface area contributed by atoms with Gasteiger partial charge in [-0.3, -0.25) is 4.90 Å². The van der Waals surface area contributed by atoms with E-state index >= 15 is 0 Å². The third-order valence-electron chi connectivity index (χ3n) is 6.17. The van der Waals surface area contributed by atoms with Crippen LogP contribution in [0.3, 0.4) is 0 Å². The van der Waals surface area contributed by atoms with E-state index in [1.807, 2.05) is 34.6 Å². The quantitative estimate of drug-likeness (QED) is 0.510. The summed E-state index contributed by atoms with van der Waals surface area (Å²) in [5.74, 6) is -0.816. The zero-order chi connectivity index (χ0) is 23.3. The first-order chi connectivity index (χ1) is 13.4. The van der Waals surface area contributed by atoms with Crippen LogP contribution in [0.1, 0.15) is 55.4 Å². The average Bonchev–Trinajstić information content (AvgIpc) is 2.99. The Bertz CT molecular complexity index is 651. The highest BCUT2D eigenvalue weighted by molar-refractivity contribution is 6.74. The molecule has 0 bridgehead atoms. The van der Waals surface area contributed by atoms with Crippen LogP contribution in [0.4, 0.5) is 4.79 Å². The molecule has 2 rings (SSSR count). The fourth-order valence-electron chi connectivity index (χ4n) is 3.67. The van der Waals surface area contributed by atoms with Crippen LogP contribution in [0, 0.1) is 0 Å². The van der Waals surface area contributed by atoms with E-state index in [0.29, 0.717) is 0 Å². The van der Waals surface area contributed by atoms with E-state index in [-0.39, 0.29) is 11.6 Å². The summed E-state index contributed by atoms with van der Waals surface area (Å²) in [5, 5.41) is 10.8. The highest BCUT2D eigenvalue weighted by Crippen LogP contribution is 2.43. The van der Waals surface area contributed by atoms with Gasteiger partial charge in [0.15, 0.2) is 14.1 Å². The first-order valence-electron chi connectivity index (χ1n) is 10.7. The molecule has 0 radical (unpaired) electrons. The zero-order valence-corrected chi connectivity index (χ0v) is 21.3. The Hall–Kier alpha value is -0.933. The molecule has 0 aromatic rings. The van der Waals surface area contributed by atoms with Crippen LogP contribution in [0.2, 0.25) is 18.1 Å². The predicted molar refractivity (Wildman–Crippen MR) is 119 cm³/mol. The Morgan fingerprint density at radius 3 is 2.20 bits per heavy atom. The molecule has 0 spiro atoms. The summed E-state index contributed by atoms with van der Waals surface area (Å²) in [6.07, 6.45) is -1.02. The molecule has 2 fully saturated rings. The third kappa shape index (κ3) is 5.27. The number of carbonyl (C=O) groups is 1. The first kappa shape index (κ1) is 25.3. The van der Waals surface area contributed by atoms with E-state index in [1.165, 1.54) is 6.08 Å². The Morgan fingerprint density at radius 2 is 1.73 bits per heavy atom. The molecule has 30 heavy (non-hydrogen) atoms. The second-order valence-electron chi connectivity index (χ2n) is 11.3. The number of hydrogen-bond donors (Lipinski definition) is 1. The summed E-state index contributed by atoms with van der Waals surface area (Å²) in [4.78, 5) is 14.8. The fraction of sp³-hybridized carbons (Fsp3) is 0.864. The summed E-state index contributed by atoms with van der Waals surface area (Å²) in [6.45, 7) is 24.0. The van der Waals surface area contributed by atoms with E-state index in [0.717, 1.165) is 0 Å². The average molecular weight is 444 g/mol. The SMILES string of the molecule is C=C[C@H](O)[C@@H]1[C@@H]2OC(C)(C)O[C@@H]2[C@@H](CO[Si](C)(C)C(C)(C)C)N1C(=O)OC(C)(C)C. The van der Waals surface area contributed by atoms with Crippen molar-refractivity contribution in [2.75, 3.05) is 6.61 Å². The molecule has 8 heteroatoms. The van der Waals surface area contributed by atoms with Crippen molar-refractivity contribution in [1.29, 1.82) is 0 Å². The van der Waals surface area contributed by atoms with Crippen molar-refractivity contribution in [3.05, 3.63) is 12.7 Å². The van der Waals surface area contributed by atoms with Gasteiger partial charge in [0, 0.05) is 0 Å². The van der Waals surface area contributed by atoms with Gasteiger partial charge >= 0.3 is 6.09 Å². The van der Waals surface area contributed by atoms with Crippen LogP contribution in [-0.4, -0.2) is 72.8 Å². The number of aliphatic hydroxyl groups excluding tert-OH is 1. The number of hydrogen-bond acceptors (Lipinski definition) is 6. The van der Waals surface area contributed by atoms with Gasteiger partial charge in [-0.15, -0.1) is 6.58 Å². The molecule has 2 aliphatic rings. The highest BCUT2D eigenvalue weighted by Gasteiger charge is 2.61. The lowest BCUT2D eigenvalue weighted by Crippen LogP contribution is -2.54. The van der Waals surface area contributed by atoms with Crippen molar-refractivity contribution in [2.45, 2.75) is 115 Å². The third-order valence-corrected chi connectivity index (χ3v) is 10.7. The van der Waals surface area contributed by atoms with Crippen molar-refractivity contribution in [3.8, 4) is 0 Å². The maximum atomic E-state index is 13.2. The van der Waals surface area contributed by atoms with E-state index in [4.69, 9.17) is 18.6 Å². The number of fused-ring (bicyclic) bond motifs is 1. The van der Waals surface area contributed by atoms with Gasteiger partial charge in [0.25, 0.3) is 0 Å². The molecule has 0 aromatic carbocycles. The van der Waals surface area contributed by atoms with Gasteiger partial charge in [-0.05, 0) is 52.8 Å². The number of aliphatic hydroxyl groups is 1. The summed E-state index contributed by atoms with van der Waals surface area (Å²) in [5.41, 5.74) is -0.676. The standard InChI is InChI=1S/C22H41NO6Si/c1-12-15(24)16-18-17(27-22(8,9)28-18)14(13-26-30(10,11)21(5,6)7)23(16)19(25)29-20(2,3)4/h12,14-18,24H,1,13H2,2-11H3/t14-,15+,16-,17-,18+/m1/s1. The maximum absolute atomic E-state index is 13.2. The minimum Gasteiger partial charge on any atom is -0.444 e. The normalized spacial score (nSPS) is 30.2. The van der Waals surface area contributed by atoms with Gasteiger partial charge in [0.2, 0.25) is 0 Å². The largest absolute Gasteiger partial charge is 0.444 e. The lowest BCUT2D eigenvalue weighted by atomic mass is 10.0. The molecule has 174 valence electrons. The van der Waals surface area contributed by atoms with Gasteiger partial charge in [0.05, 0.1) is 24.8 Å².